The fourth-order valence-electron chi connectivity index (χ4n) is 5.40. The van der Waals surface area contributed by atoms with Crippen molar-refractivity contribution in [2.75, 3.05) is 24.5 Å². The number of anilines is 1. The number of carbonyl (C=O) groups is 1. The maximum absolute atomic E-state index is 14.1. The number of rotatable bonds is 5. The smallest absolute Gasteiger partial charge is 0.233 e. The number of amides is 1. The third kappa shape index (κ3) is 4.92. The summed E-state index contributed by atoms with van der Waals surface area (Å²) in [7, 11) is 0. The molecule has 182 valence electrons. The number of halogens is 4. The van der Waals surface area contributed by atoms with Crippen molar-refractivity contribution in [3.05, 3.63) is 98.5 Å². The molecule has 2 aliphatic rings. The van der Waals surface area contributed by atoms with Crippen LogP contribution in [0.5, 0.6) is 0 Å². The summed E-state index contributed by atoms with van der Waals surface area (Å²) in [5.41, 5.74) is 4.16. The van der Waals surface area contributed by atoms with E-state index in [9.17, 15) is 4.79 Å². The minimum Gasteiger partial charge on any atom is -0.361 e. The molecule has 3 aromatic rings. The van der Waals surface area contributed by atoms with E-state index in [2.05, 4.69) is 50.6 Å². The second-order valence-electron chi connectivity index (χ2n) is 9.36. The van der Waals surface area contributed by atoms with Crippen LogP contribution in [0, 0.1) is 0 Å². The predicted octanol–water partition coefficient (Wildman–Crippen LogP) is 8.09. The zero-order chi connectivity index (χ0) is 24.6. The van der Waals surface area contributed by atoms with Crippen LogP contribution in [0.15, 0.2) is 66.7 Å². The summed E-state index contributed by atoms with van der Waals surface area (Å²) >= 11 is 21.0. The molecular formula is C28H26Cl3IN2O. The van der Waals surface area contributed by atoms with Gasteiger partial charge in [-0.25, -0.2) is 0 Å². The third-order valence-electron chi connectivity index (χ3n) is 7.43. The lowest BCUT2D eigenvalue weighted by Gasteiger charge is -2.49. The molecular weight excluding hydrogens is 614 g/mol. The minimum absolute atomic E-state index is 0.0233. The van der Waals surface area contributed by atoms with Crippen molar-refractivity contribution >= 4 is 69.0 Å². The first kappa shape index (κ1) is 25.2. The Kier molecular flexibility index (Phi) is 7.55. The zero-order valence-electron chi connectivity index (χ0n) is 19.2. The summed E-state index contributed by atoms with van der Waals surface area (Å²) < 4.78 is 0.861. The van der Waals surface area contributed by atoms with Crippen molar-refractivity contribution in [2.24, 2.45) is 0 Å². The van der Waals surface area contributed by atoms with Gasteiger partial charge in [0.25, 0.3) is 0 Å². The van der Waals surface area contributed by atoms with Gasteiger partial charge in [0, 0.05) is 44.8 Å². The molecule has 35 heavy (non-hydrogen) atoms. The molecule has 3 nitrogen and oxygen atoms in total. The number of hydrogen-bond acceptors (Lipinski definition) is 2. The van der Waals surface area contributed by atoms with E-state index in [4.69, 9.17) is 34.8 Å². The molecule has 5 rings (SSSR count). The topological polar surface area (TPSA) is 23.6 Å². The van der Waals surface area contributed by atoms with Crippen LogP contribution in [0.3, 0.4) is 0 Å². The van der Waals surface area contributed by atoms with Gasteiger partial charge in [0.1, 0.15) is 0 Å². The molecule has 0 bridgehead atoms. The Morgan fingerprint density at radius 1 is 0.886 bits per heavy atom. The Bertz CT molecular complexity index is 1210. The Balaban J connectivity index is 1.48. The van der Waals surface area contributed by atoms with Crippen LogP contribution in [0.1, 0.15) is 42.0 Å². The van der Waals surface area contributed by atoms with E-state index in [1.807, 2.05) is 48.5 Å². The molecule has 3 aromatic carbocycles. The molecule has 0 aromatic heterocycles. The van der Waals surface area contributed by atoms with Crippen molar-refractivity contribution in [3.63, 3.8) is 0 Å². The van der Waals surface area contributed by atoms with Crippen molar-refractivity contribution in [1.82, 2.24) is 4.90 Å². The molecule has 0 radical (unpaired) electrons. The Labute approximate surface area is 235 Å². The monoisotopic (exact) mass is 638 g/mol. The summed E-state index contributed by atoms with van der Waals surface area (Å²) in [5.74, 6) is 0.231. The summed E-state index contributed by atoms with van der Waals surface area (Å²) in [6.07, 6.45) is 2.84. The minimum atomic E-state index is -0.440. The Morgan fingerprint density at radius 3 is 2.11 bits per heavy atom. The molecule has 1 amide bonds. The van der Waals surface area contributed by atoms with Crippen LogP contribution < -0.4 is 4.90 Å². The molecule has 1 unspecified atom stereocenters. The van der Waals surface area contributed by atoms with Crippen LogP contribution in [0.2, 0.25) is 15.1 Å². The van der Waals surface area contributed by atoms with Gasteiger partial charge in [-0.3, -0.25) is 4.79 Å². The molecule has 0 N–H and O–H groups in total. The summed E-state index contributed by atoms with van der Waals surface area (Å²) in [4.78, 5) is 18.6. The van der Waals surface area contributed by atoms with Gasteiger partial charge in [0.15, 0.2) is 0 Å². The molecule has 1 saturated heterocycles. The van der Waals surface area contributed by atoms with Crippen LogP contribution in [-0.4, -0.2) is 30.4 Å². The lowest BCUT2D eigenvalue weighted by molar-refractivity contribution is -0.141. The average Bonchev–Trinajstić information content (AvgIpc) is 2.84. The van der Waals surface area contributed by atoms with Crippen LogP contribution in [0.4, 0.5) is 5.69 Å². The highest BCUT2D eigenvalue weighted by Gasteiger charge is 2.48. The quantitative estimate of drug-likeness (QED) is 0.208. The van der Waals surface area contributed by atoms with Gasteiger partial charge < -0.3 is 9.80 Å². The molecule has 1 atom stereocenters. The van der Waals surface area contributed by atoms with Gasteiger partial charge in [-0.05, 0) is 72.0 Å². The van der Waals surface area contributed by atoms with Gasteiger partial charge >= 0.3 is 0 Å². The Morgan fingerprint density at radius 2 is 1.51 bits per heavy atom. The third-order valence-corrected chi connectivity index (χ3v) is 8.99. The normalized spacial score (nSPS) is 19.4. The lowest BCUT2D eigenvalue weighted by atomic mass is 9.63. The SMILES string of the molecule is O=C(N1CCN(c2ccc(Cl)cc2CI)C(c2ccc(Cl)cc2)C1)C1(c2ccc(Cl)cc2)CCC1. The highest BCUT2D eigenvalue weighted by atomic mass is 127. The summed E-state index contributed by atoms with van der Waals surface area (Å²) in [6, 6.07) is 22.0. The van der Waals surface area contributed by atoms with E-state index in [0.29, 0.717) is 23.1 Å². The van der Waals surface area contributed by atoms with E-state index >= 15 is 0 Å². The van der Waals surface area contributed by atoms with Crippen LogP contribution in [-0.2, 0) is 14.6 Å². The van der Waals surface area contributed by atoms with E-state index in [1.165, 1.54) is 11.3 Å². The van der Waals surface area contributed by atoms with E-state index < -0.39 is 5.41 Å². The summed E-state index contributed by atoms with van der Waals surface area (Å²) in [5, 5.41) is 2.15. The largest absolute Gasteiger partial charge is 0.361 e. The fraction of sp³-hybridized carbons (Fsp3) is 0.321. The van der Waals surface area contributed by atoms with Crippen molar-refractivity contribution in [1.29, 1.82) is 0 Å². The van der Waals surface area contributed by atoms with Crippen molar-refractivity contribution in [3.8, 4) is 0 Å². The van der Waals surface area contributed by atoms with Crippen molar-refractivity contribution < 1.29 is 4.79 Å². The second kappa shape index (κ2) is 10.5. The second-order valence-corrected chi connectivity index (χ2v) is 11.4. The molecule has 0 spiro atoms. The van der Waals surface area contributed by atoms with Crippen LogP contribution >= 0.6 is 57.4 Å². The van der Waals surface area contributed by atoms with Gasteiger partial charge in [-0.2, -0.15) is 0 Å². The molecule has 1 aliphatic heterocycles. The number of carbonyl (C=O) groups excluding carboxylic acids is 1. The number of benzene rings is 3. The molecule has 1 saturated carbocycles. The first-order valence-electron chi connectivity index (χ1n) is 11.8. The standard InChI is InChI=1S/C28H26Cl3IN2O/c29-22-6-2-19(3-7-22)26-18-33(14-15-34(26)25-11-10-24(31)16-20(25)17-32)27(35)28(12-1-13-28)21-4-8-23(30)9-5-21/h2-11,16,26H,1,12-15,17-18H2. The number of nitrogens with zero attached hydrogens (tertiary/aromatic N) is 2. The lowest BCUT2D eigenvalue weighted by Crippen LogP contribution is -2.57. The molecule has 7 heteroatoms. The maximum Gasteiger partial charge on any atom is 0.233 e. The molecule has 1 aliphatic carbocycles. The molecule has 1 heterocycles. The predicted molar refractivity (Wildman–Crippen MR) is 154 cm³/mol. The van der Waals surface area contributed by atoms with Gasteiger partial charge in [0.2, 0.25) is 5.91 Å². The van der Waals surface area contributed by atoms with Crippen LogP contribution in [0.25, 0.3) is 0 Å². The van der Waals surface area contributed by atoms with Gasteiger partial charge in [0.05, 0.1) is 11.5 Å². The number of alkyl halides is 1. The van der Waals surface area contributed by atoms with Crippen molar-refractivity contribution in [2.45, 2.75) is 35.1 Å². The average molecular weight is 640 g/mol. The number of hydrogen-bond donors (Lipinski definition) is 0. The van der Waals surface area contributed by atoms with Gasteiger partial charge in [-0.15, -0.1) is 0 Å². The maximum atomic E-state index is 14.1. The first-order chi connectivity index (χ1) is 16.9. The zero-order valence-corrected chi connectivity index (χ0v) is 23.6. The molecule has 2 fully saturated rings. The Hall–Kier alpha value is -1.47. The van der Waals surface area contributed by atoms with E-state index in [-0.39, 0.29) is 11.9 Å². The summed E-state index contributed by atoms with van der Waals surface area (Å²) in [6.45, 7) is 2.06. The first-order valence-corrected chi connectivity index (χ1v) is 14.5. The highest BCUT2D eigenvalue weighted by molar-refractivity contribution is 14.1. The number of piperazine rings is 1. The van der Waals surface area contributed by atoms with E-state index in [1.54, 1.807) is 0 Å². The highest BCUT2D eigenvalue weighted by Crippen LogP contribution is 2.46. The van der Waals surface area contributed by atoms with E-state index in [0.717, 1.165) is 46.4 Å². The van der Waals surface area contributed by atoms with Gasteiger partial charge in [-0.1, -0.05) is 88.1 Å². The fourth-order valence-corrected chi connectivity index (χ4v) is 6.45.